The van der Waals surface area contributed by atoms with E-state index < -0.39 is 6.04 Å². The molecule has 1 aliphatic rings. The van der Waals surface area contributed by atoms with Gasteiger partial charge >= 0.3 is 0 Å². The van der Waals surface area contributed by atoms with E-state index in [0.717, 1.165) is 23.1 Å². The Bertz CT molecular complexity index is 1260. The average molecular weight is 460 g/mol. The molecule has 2 N–H and O–H groups in total. The first-order chi connectivity index (χ1) is 16.3. The molecule has 34 heavy (non-hydrogen) atoms. The fourth-order valence-electron chi connectivity index (χ4n) is 4.24. The highest BCUT2D eigenvalue weighted by Gasteiger charge is 2.26. The lowest BCUT2D eigenvalue weighted by atomic mass is 9.91. The zero-order valence-corrected chi connectivity index (χ0v) is 20.0. The lowest BCUT2D eigenvalue weighted by molar-refractivity contribution is -0.133. The van der Waals surface area contributed by atoms with E-state index in [-0.39, 0.29) is 12.0 Å². The van der Waals surface area contributed by atoms with Crippen LogP contribution in [0.15, 0.2) is 34.9 Å². The van der Waals surface area contributed by atoms with Crippen LogP contribution < -0.4 is 10.5 Å². The van der Waals surface area contributed by atoms with Crippen molar-refractivity contribution in [2.45, 2.75) is 59.2 Å². The number of nitrogens with two attached hydrogens (primary N) is 1. The summed E-state index contributed by atoms with van der Waals surface area (Å²) >= 11 is 0. The molecule has 3 aromatic rings. The highest BCUT2D eigenvalue weighted by Crippen LogP contribution is 2.32. The molecule has 1 atom stereocenters. The van der Waals surface area contributed by atoms with Crippen LogP contribution in [0.4, 0.5) is 0 Å². The maximum atomic E-state index is 12.5. The van der Waals surface area contributed by atoms with Crippen LogP contribution in [0.3, 0.4) is 0 Å². The molecule has 2 aromatic carbocycles. The van der Waals surface area contributed by atoms with Crippen molar-refractivity contribution in [2.75, 3.05) is 6.54 Å². The summed E-state index contributed by atoms with van der Waals surface area (Å²) in [7, 11) is 0. The third-order valence-electron chi connectivity index (χ3n) is 6.13. The summed E-state index contributed by atoms with van der Waals surface area (Å²) in [5.41, 5.74) is 11.3. The van der Waals surface area contributed by atoms with Crippen LogP contribution in [0.5, 0.6) is 5.75 Å². The first-order valence-corrected chi connectivity index (χ1v) is 11.5. The molecule has 1 aliphatic heterocycles. The van der Waals surface area contributed by atoms with Gasteiger partial charge in [0.1, 0.15) is 11.8 Å². The first-order valence-electron chi connectivity index (χ1n) is 11.5. The molecular formula is C26H29N5O3. The van der Waals surface area contributed by atoms with E-state index in [2.05, 4.69) is 16.2 Å². The second kappa shape index (κ2) is 9.65. The molecule has 2 heterocycles. The van der Waals surface area contributed by atoms with E-state index >= 15 is 0 Å². The molecular weight excluding hydrogens is 430 g/mol. The van der Waals surface area contributed by atoms with Crippen molar-refractivity contribution < 1.29 is 14.1 Å². The van der Waals surface area contributed by atoms with Crippen molar-refractivity contribution in [3.63, 3.8) is 0 Å². The monoisotopic (exact) mass is 459 g/mol. The van der Waals surface area contributed by atoms with Gasteiger partial charge in [-0.25, -0.2) is 0 Å². The molecule has 0 radical (unpaired) electrons. The molecule has 4 rings (SSSR count). The van der Waals surface area contributed by atoms with E-state index in [1.165, 1.54) is 5.56 Å². The van der Waals surface area contributed by atoms with Gasteiger partial charge in [-0.15, -0.1) is 0 Å². The minimum Gasteiger partial charge on any atom is -0.490 e. The summed E-state index contributed by atoms with van der Waals surface area (Å²) in [4.78, 5) is 18.9. The van der Waals surface area contributed by atoms with Crippen LogP contribution in [0, 0.1) is 18.3 Å². The summed E-state index contributed by atoms with van der Waals surface area (Å²) in [6.45, 7) is 8.99. The second-order valence-electron chi connectivity index (χ2n) is 8.81. The Morgan fingerprint density at radius 2 is 2.12 bits per heavy atom. The topological polar surface area (TPSA) is 118 Å². The predicted octanol–water partition coefficient (Wildman–Crippen LogP) is 3.99. The zero-order valence-electron chi connectivity index (χ0n) is 20.0. The first kappa shape index (κ1) is 23.5. The number of hydrogen-bond acceptors (Lipinski definition) is 7. The highest BCUT2D eigenvalue weighted by molar-refractivity contribution is 5.82. The Labute approximate surface area is 199 Å². The zero-order chi connectivity index (χ0) is 24.4. The fraction of sp³-hybridized carbons (Fsp3) is 0.385. The smallest absolute Gasteiger partial charge is 0.258 e. The number of hydrogen-bond donors (Lipinski definition) is 1. The van der Waals surface area contributed by atoms with E-state index in [4.69, 9.17) is 15.0 Å². The van der Waals surface area contributed by atoms with Crippen molar-refractivity contribution >= 4 is 5.91 Å². The molecule has 176 valence electrons. The fourth-order valence-corrected chi connectivity index (χ4v) is 4.24. The van der Waals surface area contributed by atoms with Crippen molar-refractivity contribution in [1.82, 2.24) is 15.0 Å². The van der Waals surface area contributed by atoms with Gasteiger partial charge < -0.3 is 19.9 Å². The van der Waals surface area contributed by atoms with Gasteiger partial charge in [-0.3, -0.25) is 4.79 Å². The molecule has 0 unspecified atom stereocenters. The van der Waals surface area contributed by atoms with Crippen LogP contribution in [0.25, 0.3) is 22.8 Å². The van der Waals surface area contributed by atoms with Gasteiger partial charge in [0.05, 0.1) is 17.7 Å². The van der Waals surface area contributed by atoms with Gasteiger partial charge in [0, 0.05) is 24.2 Å². The molecule has 0 bridgehead atoms. The minimum atomic E-state index is -0.452. The molecule has 0 saturated heterocycles. The van der Waals surface area contributed by atoms with Crippen molar-refractivity contribution in [3.05, 3.63) is 52.6 Å². The molecule has 0 aliphatic carbocycles. The largest absolute Gasteiger partial charge is 0.490 e. The van der Waals surface area contributed by atoms with E-state index in [1.54, 1.807) is 12.1 Å². The normalized spacial score (nSPS) is 14.0. The van der Waals surface area contributed by atoms with Gasteiger partial charge in [0.15, 0.2) is 0 Å². The number of nitrogens with zero attached hydrogens (tertiary/aromatic N) is 4. The van der Waals surface area contributed by atoms with Gasteiger partial charge in [-0.05, 0) is 68.5 Å². The maximum Gasteiger partial charge on any atom is 0.258 e. The number of amides is 1. The number of benzene rings is 2. The van der Waals surface area contributed by atoms with E-state index in [1.807, 2.05) is 50.8 Å². The lowest BCUT2D eigenvalue weighted by Gasteiger charge is -2.32. The molecule has 8 nitrogen and oxygen atoms in total. The Kier molecular flexibility index (Phi) is 6.66. The summed E-state index contributed by atoms with van der Waals surface area (Å²) in [6, 6.07) is 11.0. The molecule has 0 fully saturated rings. The Hall–Kier alpha value is -3.70. The maximum absolute atomic E-state index is 12.5. The number of ether oxygens (including phenoxy) is 1. The van der Waals surface area contributed by atoms with Crippen molar-refractivity contribution in [2.24, 2.45) is 5.73 Å². The number of fused-ring (bicyclic) bond motifs is 1. The molecule has 1 amide bonds. The van der Waals surface area contributed by atoms with Crippen LogP contribution in [0.1, 0.15) is 49.4 Å². The van der Waals surface area contributed by atoms with Crippen LogP contribution in [0.2, 0.25) is 0 Å². The number of rotatable bonds is 6. The minimum absolute atomic E-state index is 0.000703. The quantitative estimate of drug-likeness (QED) is 0.592. The standard InChI is InChI=1S/C26H29N5O3/c1-5-22(28)26(32)31-11-10-20-16(4)21(8-6-18(20)14-31)24-29-25(34-30-24)17-7-9-23(33-15(2)3)19(12-17)13-27/h6-9,12,15,22H,5,10-11,14,28H2,1-4H3/t22-/m1/s1. The van der Waals surface area contributed by atoms with E-state index in [9.17, 15) is 10.1 Å². The Morgan fingerprint density at radius 3 is 2.82 bits per heavy atom. The van der Waals surface area contributed by atoms with Gasteiger partial charge in [-0.2, -0.15) is 10.2 Å². The Balaban J connectivity index is 1.59. The highest BCUT2D eigenvalue weighted by atomic mass is 16.5. The van der Waals surface area contributed by atoms with Gasteiger partial charge in [0.2, 0.25) is 11.7 Å². The average Bonchev–Trinajstić information content (AvgIpc) is 3.33. The molecule has 0 spiro atoms. The summed E-state index contributed by atoms with van der Waals surface area (Å²) in [5.74, 6) is 1.35. The number of carbonyl (C=O) groups excluding carboxylic acids is 1. The van der Waals surface area contributed by atoms with Crippen LogP contribution in [-0.2, 0) is 17.8 Å². The molecule has 8 heteroatoms. The number of carbonyl (C=O) groups is 1. The Morgan fingerprint density at radius 1 is 1.32 bits per heavy atom. The van der Waals surface area contributed by atoms with Crippen molar-refractivity contribution in [3.8, 4) is 34.7 Å². The van der Waals surface area contributed by atoms with Crippen LogP contribution >= 0.6 is 0 Å². The summed E-state index contributed by atoms with van der Waals surface area (Å²) in [6.07, 6.45) is 1.35. The molecule has 1 aromatic heterocycles. The molecule has 0 saturated carbocycles. The van der Waals surface area contributed by atoms with Crippen LogP contribution in [-0.4, -0.2) is 39.6 Å². The third-order valence-corrected chi connectivity index (χ3v) is 6.13. The lowest BCUT2D eigenvalue weighted by Crippen LogP contribution is -2.45. The van der Waals surface area contributed by atoms with Gasteiger partial charge in [0.25, 0.3) is 5.89 Å². The second-order valence-corrected chi connectivity index (χ2v) is 8.81. The van der Waals surface area contributed by atoms with Gasteiger partial charge in [-0.1, -0.05) is 24.2 Å². The number of aromatic nitrogens is 2. The summed E-state index contributed by atoms with van der Waals surface area (Å²) in [5, 5.41) is 13.7. The van der Waals surface area contributed by atoms with Crippen molar-refractivity contribution in [1.29, 1.82) is 5.26 Å². The summed E-state index contributed by atoms with van der Waals surface area (Å²) < 4.78 is 11.2. The predicted molar refractivity (Wildman–Crippen MR) is 128 cm³/mol. The SMILES string of the molecule is CC[C@@H](N)C(=O)N1CCc2c(ccc(-c3noc(-c4ccc(OC(C)C)c(C#N)c4)n3)c2C)C1. The van der Waals surface area contributed by atoms with E-state index in [0.29, 0.717) is 48.1 Å². The number of nitriles is 1. The third kappa shape index (κ3) is 4.52.